The van der Waals surface area contributed by atoms with Crippen LogP contribution < -0.4 is 10.2 Å². The van der Waals surface area contributed by atoms with Gasteiger partial charge in [-0.3, -0.25) is 9.59 Å². The van der Waals surface area contributed by atoms with E-state index in [1.807, 2.05) is 61.5 Å². The molecule has 2 aromatic carbocycles. The van der Waals surface area contributed by atoms with E-state index in [9.17, 15) is 9.59 Å². The molecule has 6 nitrogen and oxygen atoms in total. The number of H-pyrrole nitrogens is 1. The number of carbonyl (C=O) groups is 2. The number of nitrogens with zero attached hydrogens (tertiary/aromatic N) is 2. The highest BCUT2D eigenvalue weighted by atomic mass is 16.2. The van der Waals surface area contributed by atoms with Gasteiger partial charge in [-0.2, -0.15) is 0 Å². The number of hydrogen-bond donors (Lipinski definition) is 2. The van der Waals surface area contributed by atoms with Crippen LogP contribution in [0.25, 0.3) is 10.9 Å². The fraction of sp³-hybridized carbons (Fsp3) is 0.360. The van der Waals surface area contributed by atoms with Crippen LogP contribution in [0.5, 0.6) is 0 Å². The molecule has 0 radical (unpaired) electrons. The molecule has 162 valence electrons. The van der Waals surface area contributed by atoms with Crippen LogP contribution in [0.15, 0.2) is 54.6 Å². The van der Waals surface area contributed by atoms with Crippen molar-refractivity contribution in [1.29, 1.82) is 0 Å². The summed E-state index contributed by atoms with van der Waals surface area (Å²) < 4.78 is 0. The van der Waals surface area contributed by atoms with Crippen LogP contribution in [0, 0.1) is 5.92 Å². The Morgan fingerprint density at radius 3 is 2.45 bits per heavy atom. The van der Waals surface area contributed by atoms with Gasteiger partial charge in [-0.25, -0.2) is 0 Å². The number of para-hydroxylation sites is 1. The summed E-state index contributed by atoms with van der Waals surface area (Å²) in [6.45, 7) is 1.93. The number of anilines is 1. The molecule has 1 fully saturated rings. The van der Waals surface area contributed by atoms with Crippen molar-refractivity contribution in [3.05, 3.63) is 65.9 Å². The molecular formula is C25H30N4O2. The van der Waals surface area contributed by atoms with Crippen LogP contribution in [0.3, 0.4) is 0 Å². The predicted octanol–water partition coefficient (Wildman–Crippen LogP) is 3.79. The number of aromatic amines is 1. The van der Waals surface area contributed by atoms with Gasteiger partial charge in [0.1, 0.15) is 5.69 Å². The van der Waals surface area contributed by atoms with Crippen molar-refractivity contribution in [2.75, 3.05) is 32.1 Å². The van der Waals surface area contributed by atoms with Gasteiger partial charge in [-0.15, -0.1) is 0 Å². The lowest BCUT2D eigenvalue weighted by atomic mass is 9.93. The summed E-state index contributed by atoms with van der Waals surface area (Å²) in [4.78, 5) is 32.4. The minimum absolute atomic E-state index is 0.0419. The van der Waals surface area contributed by atoms with E-state index in [2.05, 4.69) is 27.3 Å². The monoisotopic (exact) mass is 418 g/mol. The van der Waals surface area contributed by atoms with Gasteiger partial charge in [-0.1, -0.05) is 30.3 Å². The first-order valence-corrected chi connectivity index (χ1v) is 10.9. The first-order chi connectivity index (χ1) is 15.0. The Morgan fingerprint density at radius 2 is 1.77 bits per heavy atom. The molecule has 1 aliphatic heterocycles. The van der Waals surface area contributed by atoms with E-state index in [0.717, 1.165) is 35.0 Å². The summed E-state index contributed by atoms with van der Waals surface area (Å²) in [6.07, 6.45) is 2.23. The number of carbonyl (C=O) groups excluding carboxylic acids is 2. The number of rotatable bonds is 6. The van der Waals surface area contributed by atoms with Crippen LogP contribution in [-0.2, 0) is 11.3 Å². The lowest BCUT2D eigenvalue weighted by molar-refractivity contribution is -0.122. The van der Waals surface area contributed by atoms with Crippen LogP contribution in [0.4, 0.5) is 5.69 Å². The van der Waals surface area contributed by atoms with Crippen molar-refractivity contribution in [3.8, 4) is 0 Å². The zero-order chi connectivity index (χ0) is 21.8. The van der Waals surface area contributed by atoms with Crippen LogP contribution in [0.2, 0.25) is 0 Å². The maximum atomic E-state index is 12.8. The van der Waals surface area contributed by atoms with Crippen molar-refractivity contribution >= 4 is 28.4 Å². The maximum absolute atomic E-state index is 12.8. The molecule has 0 bridgehead atoms. The molecular weight excluding hydrogens is 388 g/mol. The average Bonchev–Trinajstić information content (AvgIpc) is 3.22. The second-order valence-corrected chi connectivity index (χ2v) is 8.55. The Balaban J connectivity index is 1.23. The zero-order valence-corrected chi connectivity index (χ0v) is 18.2. The third kappa shape index (κ3) is 5.08. The number of piperidine rings is 1. The molecule has 1 aromatic heterocycles. The Kier molecular flexibility index (Phi) is 6.26. The fourth-order valence-corrected chi connectivity index (χ4v) is 4.15. The molecule has 3 aromatic rings. The van der Waals surface area contributed by atoms with Crippen molar-refractivity contribution in [2.24, 2.45) is 5.92 Å². The molecule has 6 heteroatoms. The number of benzene rings is 2. The lowest BCUT2D eigenvalue weighted by Gasteiger charge is -2.31. The Bertz CT molecular complexity index is 1010. The summed E-state index contributed by atoms with van der Waals surface area (Å²) >= 11 is 0. The molecule has 2 N–H and O–H groups in total. The average molecular weight is 419 g/mol. The molecule has 2 amide bonds. The molecule has 0 aliphatic carbocycles. The van der Waals surface area contributed by atoms with Gasteiger partial charge in [0.25, 0.3) is 5.91 Å². The Hall–Kier alpha value is -3.28. The largest absolute Gasteiger partial charge is 0.378 e. The zero-order valence-electron chi connectivity index (χ0n) is 18.2. The number of hydrogen-bond acceptors (Lipinski definition) is 3. The number of likely N-dealkylation sites (tertiary alicyclic amines) is 1. The minimum Gasteiger partial charge on any atom is -0.378 e. The number of fused-ring (bicyclic) bond motifs is 1. The van der Waals surface area contributed by atoms with E-state index in [4.69, 9.17) is 0 Å². The summed E-state index contributed by atoms with van der Waals surface area (Å²) in [5.41, 5.74) is 3.85. The van der Waals surface area contributed by atoms with Crippen LogP contribution >= 0.6 is 0 Å². The van der Waals surface area contributed by atoms with Crippen molar-refractivity contribution in [3.63, 3.8) is 0 Å². The summed E-state index contributed by atoms with van der Waals surface area (Å²) in [5.74, 6) is 0.445. The van der Waals surface area contributed by atoms with Gasteiger partial charge < -0.3 is 20.1 Å². The normalized spacial score (nSPS) is 14.6. The third-order valence-corrected chi connectivity index (χ3v) is 6.08. The smallest absolute Gasteiger partial charge is 0.270 e. The van der Waals surface area contributed by atoms with E-state index >= 15 is 0 Å². The Morgan fingerprint density at radius 1 is 1.06 bits per heavy atom. The van der Waals surface area contributed by atoms with E-state index in [0.29, 0.717) is 37.7 Å². The Labute approximate surface area is 183 Å². The van der Waals surface area contributed by atoms with Gasteiger partial charge in [0.15, 0.2) is 0 Å². The minimum atomic E-state index is 0.0419. The fourth-order valence-electron chi connectivity index (χ4n) is 4.15. The highest BCUT2D eigenvalue weighted by Gasteiger charge is 2.25. The van der Waals surface area contributed by atoms with Gasteiger partial charge in [0.2, 0.25) is 5.91 Å². The van der Waals surface area contributed by atoms with Gasteiger partial charge >= 0.3 is 0 Å². The first-order valence-electron chi connectivity index (χ1n) is 10.9. The van der Waals surface area contributed by atoms with Crippen molar-refractivity contribution < 1.29 is 9.59 Å². The lowest BCUT2D eigenvalue weighted by Crippen LogP contribution is -2.39. The van der Waals surface area contributed by atoms with Gasteiger partial charge in [0, 0.05) is 56.7 Å². The van der Waals surface area contributed by atoms with Crippen LogP contribution in [0.1, 0.15) is 35.3 Å². The van der Waals surface area contributed by atoms with E-state index in [-0.39, 0.29) is 11.8 Å². The molecule has 0 atom stereocenters. The van der Waals surface area contributed by atoms with Gasteiger partial charge in [0.05, 0.1) is 0 Å². The second-order valence-electron chi connectivity index (χ2n) is 8.55. The molecule has 1 aliphatic rings. The number of amides is 2. The molecule has 4 rings (SSSR count). The highest BCUT2D eigenvalue weighted by molar-refractivity contribution is 5.98. The molecule has 0 spiro atoms. The molecule has 0 saturated carbocycles. The predicted molar refractivity (Wildman–Crippen MR) is 124 cm³/mol. The van der Waals surface area contributed by atoms with E-state index < -0.39 is 0 Å². The highest BCUT2D eigenvalue weighted by Crippen LogP contribution is 2.23. The molecule has 2 heterocycles. The van der Waals surface area contributed by atoms with Crippen molar-refractivity contribution in [1.82, 2.24) is 15.2 Å². The molecule has 1 saturated heterocycles. The maximum Gasteiger partial charge on any atom is 0.270 e. The summed E-state index contributed by atoms with van der Waals surface area (Å²) in [6, 6.07) is 18.0. The third-order valence-electron chi connectivity index (χ3n) is 6.08. The standard InChI is InChI=1S/C25H30N4O2/c1-28(2)21-9-7-19(8-10-21)17-26-24(30)15-18-11-13-29(14-12-18)25(31)23-16-20-5-3-4-6-22(20)27-23/h3-10,16,18,27H,11-15,17H2,1-2H3,(H,26,30). The molecule has 0 unspecified atom stereocenters. The summed E-state index contributed by atoms with van der Waals surface area (Å²) in [7, 11) is 4.02. The number of aromatic nitrogens is 1. The summed E-state index contributed by atoms with van der Waals surface area (Å²) in [5, 5.41) is 4.08. The van der Waals surface area contributed by atoms with Crippen LogP contribution in [-0.4, -0.2) is 48.9 Å². The topological polar surface area (TPSA) is 68.4 Å². The quantitative estimate of drug-likeness (QED) is 0.640. The van der Waals surface area contributed by atoms with Crippen molar-refractivity contribution in [2.45, 2.75) is 25.8 Å². The van der Waals surface area contributed by atoms with E-state index in [1.54, 1.807) is 0 Å². The van der Waals surface area contributed by atoms with E-state index in [1.165, 1.54) is 0 Å². The first kappa shape index (κ1) is 21.0. The van der Waals surface area contributed by atoms with Gasteiger partial charge in [-0.05, 0) is 48.6 Å². The molecule has 31 heavy (non-hydrogen) atoms. The SMILES string of the molecule is CN(C)c1ccc(CNC(=O)CC2CCN(C(=O)c3cc4ccccc4[nH]3)CC2)cc1. The second kappa shape index (κ2) is 9.25. The number of nitrogens with one attached hydrogen (secondary N) is 2.